The van der Waals surface area contributed by atoms with Crippen LogP contribution in [0.25, 0.3) is 0 Å². The predicted molar refractivity (Wildman–Crippen MR) is 88.1 cm³/mol. The molecule has 0 aliphatic carbocycles. The highest BCUT2D eigenvalue weighted by Gasteiger charge is 2.30. The highest BCUT2D eigenvalue weighted by atomic mass is 19.4. The number of nitrogens with zero attached hydrogens (tertiary/aromatic N) is 2. The summed E-state index contributed by atoms with van der Waals surface area (Å²) in [6.45, 7) is 3.47. The molecular formula is C18H20F3N3O. The molecule has 0 atom stereocenters. The lowest BCUT2D eigenvalue weighted by atomic mass is 10.0. The van der Waals surface area contributed by atoms with Gasteiger partial charge in [0.05, 0.1) is 16.8 Å². The van der Waals surface area contributed by atoms with Gasteiger partial charge < -0.3 is 4.98 Å². The molecule has 0 radical (unpaired) electrons. The maximum atomic E-state index is 12.8. The topological polar surface area (TPSA) is 49.0 Å². The fraction of sp³-hybridized carbons (Fsp3) is 0.444. The molecule has 1 aliphatic heterocycles. The second-order valence-electron chi connectivity index (χ2n) is 6.35. The standard InChI is InChI=1S/C18H20F3N3O/c1-2-4-16-22-15-7-8-24(11-14(15)17(25)23-16)10-12-5-3-6-13(9-12)18(19,20)21/h3,5-6,9H,2,4,7-8,10-11H2,1H3,(H,22,23,25). The van der Waals surface area contributed by atoms with Gasteiger partial charge in [-0.15, -0.1) is 0 Å². The summed E-state index contributed by atoms with van der Waals surface area (Å²) in [5.74, 6) is 0.706. The van der Waals surface area contributed by atoms with Crippen molar-refractivity contribution in [3.05, 3.63) is 62.8 Å². The maximum Gasteiger partial charge on any atom is 0.416 e. The first kappa shape index (κ1) is 17.7. The zero-order valence-electron chi connectivity index (χ0n) is 14.0. The molecule has 0 amide bonds. The Kier molecular flexibility index (Phi) is 4.94. The van der Waals surface area contributed by atoms with E-state index in [-0.39, 0.29) is 5.56 Å². The van der Waals surface area contributed by atoms with Crippen molar-refractivity contribution >= 4 is 0 Å². The summed E-state index contributed by atoms with van der Waals surface area (Å²) in [6, 6.07) is 5.33. The molecule has 134 valence electrons. The number of benzene rings is 1. The molecule has 0 saturated carbocycles. The van der Waals surface area contributed by atoms with Crippen LogP contribution < -0.4 is 5.56 Å². The summed E-state index contributed by atoms with van der Waals surface area (Å²) in [7, 11) is 0. The van der Waals surface area contributed by atoms with Crippen LogP contribution in [0.4, 0.5) is 13.2 Å². The molecule has 7 heteroatoms. The molecule has 4 nitrogen and oxygen atoms in total. The van der Waals surface area contributed by atoms with Gasteiger partial charge in [-0.25, -0.2) is 4.98 Å². The highest BCUT2D eigenvalue weighted by molar-refractivity contribution is 5.26. The van der Waals surface area contributed by atoms with Crippen LogP contribution in [-0.4, -0.2) is 21.4 Å². The van der Waals surface area contributed by atoms with Crippen molar-refractivity contribution in [2.24, 2.45) is 0 Å². The fourth-order valence-corrected chi connectivity index (χ4v) is 3.13. The summed E-state index contributed by atoms with van der Waals surface area (Å²) in [4.78, 5) is 21.6. The number of rotatable bonds is 4. The first-order valence-corrected chi connectivity index (χ1v) is 8.36. The molecule has 1 N–H and O–H groups in total. The second kappa shape index (κ2) is 7.00. The number of fused-ring (bicyclic) bond motifs is 1. The number of hydrogen-bond donors (Lipinski definition) is 1. The van der Waals surface area contributed by atoms with E-state index in [9.17, 15) is 18.0 Å². The lowest BCUT2D eigenvalue weighted by Crippen LogP contribution is -2.35. The number of alkyl halides is 3. The van der Waals surface area contributed by atoms with Crippen molar-refractivity contribution in [3.8, 4) is 0 Å². The molecule has 1 aromatic heterocycles. The van der Waals surface area contributed by atoms with Crippen molar-refractivity contribution in [1.82, 2.24) is 14.9 Å². The Balaban J connectivity index is 1.77. The molecule has 1 aromatic carbocycles. The summed E-state index contributed by atoms with van der Waals surface area (Å²) < 4.78 is 38.5. The number of nitrogens with one attached hydrogen (secondary N) is 1. The number of H-pyrrole nitrogens is 1. The van der Waals surface area contributed by atoms with E-state index in [2.05, 4.69) is 9.97 Å². The van der Waals surface area contributed by atoms with Gasteiger partial charge in [-0.3, -0.25) is 9.69 Å². The molecule has 2 aromatic rings. The van der Waals surface area contributed by atoms with E-state index in [0.717, 1.165) is 24.6 Å². The van der Waals surface area contributed by atoms with E-state index >= 15 is 0 Å². The van der Waals surface area contributed by atoms with Gasteiger partial charge in [-0.1, -0.05) is 25.1 Å². The largest absolute Gasteiger partial charge is 0.416 e. The minimum absolute atomic E-state index is 0.137. The Labute approximate surface area is 143 Å². The minimum atomic E-state index is -4.35. The zero-order chi connectivity index (χ0) is 18.0. The van der Waals surface area contributed by atoms with Gasteiger partial charge in [0, 0.05) is 32.5 Å². The molecule has 2 heterocycles. The maximum absolute atomic E-state index is 12.8. The van der Waals surface area contributed by atoms with Crippen molar-refractivity contribution in [1.29, 1.82) is 0 Å². The van der Waals surface area contributed by atoms with Crippen molar-refractivity contribution in [2.75, 3.05) is 6.54 Å². The number of aromatic nitrogens is 2. The lowest BCUT2D eigenvalue weighted by Gasteiger charge is -2.28. The van der Waals surface area contributed by atoms with Crippen LogP contribution in [-0.2, 0) is 32.1 Å². The van der Waals surface area contributed by atoms with Crippen molar-refractivity contribution in [3.63, 3.8) is 0 Å². The van der Waals surface area contributed by atoms with Gasteiger partial charge in [0.1, 0.15) is 5.82 Å². The van der Waals surface area contributed by atoms with Crippen LogP contribution in [0.15, 0.2) is 29.1 Å². The quantitative estimate of drug-likeness (QED) is 0.919. The third-order valence-electron chi connectivity index (χ3n) is 4.34. The molecule has 1 aliphatic rings. The molecule has 0 unspecified atom stereocenters. The third-order valence-corrected chi connectivity index (χ3v) is 4.34. The Hall–Kier alpha value is -2.15. The lowest BCUT2D eigenvalue weighted by molar-refractivity contribution is -0.137. The zero-order valence-corrected chi connectivity index (χ0v) is 14.0. The summed E-state index contributed by atoms with van der Waals surface area (Å²) in [5, 5.41) is 0. The smallest absolute Gasteiger partial charge is 0.310 e. The van der Waals surface area contributed by atoms with E-state index in [1.807, 2.05) is 11.8 Å². The molecule has 0 bridgehead atoms. The van der Waals surface area contributed by atoms with Crippen molar-refractivity contribution in [2.45, 2.75) is 45.5 Å². The Morgan fingerprint density at radius 1 is 1.32 bits per heavy atom. The Morgan fingerprint density at radius 2 is 2.12 bits per heavy atom. The van der Waals surface area contributed by atoms with Crippen LogP contribution in [0.3, 0.4) is 0 Å². The van der Waals surface area contributed by atoms with Gasteiger partial charge in [0.2, 0.25) is 0 Å². The second-order valence-corrected chi connectivity index (χ2v) is 6.35. The van der Waals surface area contributed by atoms with E-state index < -0.39 is 11.7 Å². The van der Waals surface area contributed by atoms with Crippen LogP contribution in [0.5, 0.6) is 0 Å². The first-order valence-electron chi connectivity index (χ1n) is 8.36. The molecule has 25 heavy (non-hydrogen) atoms. The average Bonchev–Trinajstić information content (AvgIpc) is 2.55. The van der Waals surface area contributed by atoms with Gasteiger partial charge in [-0.2, -0.15) is 13.2 Å². The minimum Gasteiger partial charge on any atom is -0.310 e. The number of aromatic amines is 1. The van der Waals surface area contributed by atoms with E-state index in [1.165, 1.54) is 12.1 Å². The van der Waals surface area contributed by atoms with E-state index in [1.54, 1.807) is 6.07 Å². The van der Waals surface area contributed by atoms with Gasteiger partial charge in [0.25, 0.3) is 5.56 Å². The number of hydrogen-bond acceptors (Lipinski definition) is 3. The van der Waals surface area contributed by atoms with Gasteiger partial charge in [0.15, 0.2) is 0 Å². The van der Waals surface area contributed by atoms with Crippen molar-refractivity contribution < 1.29 is 13.2 Å². The van der Waals surface area contributed by atoms with Crippen LogP contribution in [0, 0.1) is 0 Å². The van der Waals surface area contributed by atoms with Gasteiger partial charge >= 0.3 is 6.18 Å². The third kappa shape index (κ3) is 4.10. The number of aryl methyl sites for hydroxylation is 1. The van der Waals surface area contributed by atoms with Crippen LogP contribution in [0.2, 0.25) is 0 Å². The van der Waals surface area contributed by atoms with Gasteiger partial charge in [-0.05, 0) is 18.1 Å². The average molecular weight is 351 g/mol. The molecule has 3 rings (SSSR count). The number of halogens is 3. The molecular weight excluding hydrogens is 331 g/mol. The van der Waals surface area contributed by atoms with Crippen LogP contribution >= 0.6 is 0 Å². The summed E-state index contributed by atoms with van der Waals surface area (Å²) in [5.41, 5.74) is 1.24. The monoisotopic (exact) mass is 351 g/mol. The SMILES string of the molecule is CCCc1nc2c(c(=O)[nH]1)CN(Cc1cccc(C(F)(F)F)c1)CC2. The van der Waals surface area contributed by atoms with Crippen LogP contribution in [0.1, 0.15) is 41.6 Å². The van der Waals surface area contributed by atoms with E-state index in [0.29, 0.717) is 43.0 Å². The highest BCUT2D eigenvalue weighted by Crippen LogP contribution is 2.30. The first-order chi connectivity index (χ1) is 11.9. The molecule has 0 saturated heterocycles. The predicted octanol–water partition coefficient (Wildman–Crippen LogP) is 3.30. The Morgan fingerprint density at radius 3 is 2.84 bits per heavy atom. The normalized spacial score (nSPS) is 15.2. The summed E-state index contributed by atoms with van der Waals surface area (Å²) in [6.07, 6.45) is -2.07. The van der Waals surface area contributed by atoms with E-state index in [4.69, 9.17) is 0 Å². The molecule has 0 spiro atoms. The summed E-state index contributed by atoms with van der Waals surface area (Å²) >= 11 is 0. The molecule has 0 fully saturated rings. The Bertz CT molecular complexity index is 814. The fourth-order valence-electron chi connectivity index (χ4n) is 3.13.